The molecule has 12 heteroatoms. The quantitative estimate of drug-likeness (QED) is 0.300. The van der Waals surface area contributed by atoms with E-state index < -0.39 is 38.2 Å². The maximum Gasteiger partial charge on any atom is 0.417 e. The predicted molar refractivity (Wildman–Crippen MR) is 124 cm³/mol. The van der Waals surface area contributed by atoms with Crippen LogP contribution in [-0.4, -0.2) is 27.6 Å². The Morgan fingerprint density at radius 2 is 1.67 bits per heavy atom. The van der Waals surface area contributed by atoms with E-state index in [9.17, 15) is 26.0 Å². The number of fused-ring (bicyclic) bond motifs is 1. The molecule has 0 aliphatic heterocycles. The molecule has 0 atom stereocenters. The minimum absolute atomic E-state index is 0.00780. The fraction of sp³-hybridized carbons (Fsp3) is 0.125. The highest BCUT2D eigenvalue weighted by Gasteiger charge is 2.37. The Morgan fingerprint density at radius 1 is 0.917 bits per heavy atom. The number of sulfonamides is 1. The molecule has 1 N–H and O–H groups in total. The van der Waals surface area contributed by atoms with Gasteiger partial charge in [-0.05, 0) is 42.5 Å². The molecule has 7 nitrogen and oxygen atoms in total. The third-order valence-corrected chi connectivity index (χ3v) is 6.53. The van der Waals surface area contributed by atoms with Crippen molar-refractivity contribution in [1.82, 2.24) is 4.98 Å². The summed E-state index contributed by atoms with van der Waals surface area (Å²) in [6, 6.07) is 11.7. The van der Waals surface area contributed by atoms with E-state index in [-0.39, 0.29) is 5.75 Å². The van der Waals surface area contributed by atoms with Gasteiger partial charge in [0, 0.05) is 17.6 Å². The molecule has 4 aromatic rings. The number of methoxy groups -OCH3 is 2. The van der Waals surface area contributed by atoms with E-state index in [0.717, 1.165) is 30.3 Å². The van der Waals surface area contributed by atoms with Gasteiger partial charge in [-0.2, -0.15) is 13.2 Å². The normalized spacial score (nSPS) is 11.8. The van der Waals surface area contributed by atoms with Gasteiger partial charge in [0.1, 0.15) is 17.0 Å². The molecule has 4 rings (SSSR count). The van der Waals surface area contributed by atoms with Crippen molar-refractivity contribution in [2.75, 3.05) is 18.9 Å². The lowest BCUT2D eigenvalue weighted by Crippen LogP contribution is -2.19. The van der Waals surface area contributed by atoms with Crippen LogP contribution < -0.4 is 18.9 Å². The molecular weight excluding hydrogens is 504 g/mol. The molecule has 1 aromatic heterocycles. The fourth-order valence-electron chi connectivity index (χ4n) is 3.50. The Morgan fingerprint density at radius 3 is 2.33 bits per heavy atom. The zero-order chi connectivity index (χ0) is 26.1. The van der Waals surface area contributed by atoms with Gasteiger partial charge < -0.3 is 14.2 Å². The first-order valence-electron chi connectivity index (χ1n) is 10.2. The average molecular weight is 522 g/mol. The van der Waals surface area contributed by atoms with Gasteiger partial charge in [0.05, 0.1) is 30.4 Å². The number of hydrogen-bond donors (Lipinski definition) is 1. The van der Waals surface area contributed by atoms with Crippen LogP contribution in [0.15, 0.2) is 71.8 Å². The number of alkyl halides is 3. The van der Waals surface area contributed by atoms with Crippen molar-refractivity contribution < 1.29 is 40.2 Å². The van der Waals surface area contributed by atoms with Crippen molar-refractivity contribution in [3.05, 3.63) is 78.2 Å². The second-order valence-corrected chi connectivity index (χ2v) is 9.00. The largest absolute Gasteiger partial charge is 0.493 e. The summed E-state index contributed by atoms with van der Waals surface area (Å²) in [5.74, 6) is 0.0688. The topological polar surface area (TPSA) is 86.8 Å². The molecule has 188 valence electrons. The summed E-state index contributed by atoms with van der Waals surface area (Å²) in [7, 11) is -1.82. The summed E-state index contributed by atoms with van der Waals surface area (Å²) in [5.41, 5.74) is -1.48. The van der Waals surface area contributed by atoms with Crippen molar-refractivity contribution in [3.8, 4) is 23.0 Å². The maximum atomic E-state index is 14.8. The number of benzene rings is 3. The first-order valence-corrected chi connectivity index (χ1v) is 11.7. The lowest BCUT2D eigenvalue weighted by atomic mass is 10.1. The maximum absolute atomic E-state index is 14.8. The van der Waals surface area contributed by atoms with Crippen molar-refractivity contribution in [3.63, 3.8) is 0 Å². The fourth-order valence-corrected chi connectivity index (χ4v) is 4.80. The monoisotopic (exact) mass is 522 g/mol. The number of hydrogen-bond acceptors (Lipinski definition) is 6. The summed E-state index contributed by atoms with van der Waals surface area (Å²) in [5, 5.41) is 0.532. The van der Waals surface area contributed by atoms with Gasteiger partial charge in [-0.1, -0.05) is 12.1 Å². The highest BCUT2D eigenvalue weighted by Crippen LogP contribution is 2.39. The summed E-state index contributed by atoms with van der Waals surface area (Å²) in [4.78, 5) is 3.25. The number of nitrogens with zero attached hydrogens (tertiary/aromatic N) is 1. The molecular formula is C24H18F4N2O5S. The minimum Gasteiger partial charge on any atom is -0.493 e. The number of rotatable bonds is 7. The number of ether oxygens (including phenoxy) is 3. The van der Waals surface area contributed by atoms with Crippen LogP contribution in [0.2, 0.25) is 0 Å². The molecule has 0 spiro atoms. The summed E-state index contributed by atoms with van der Waals surface area (Å²) >= 11 is 0. The van der Waals surface area contributed by atoms with Crippen LogP contribution in [0.5, 0.6) is 23.0 Å². The minimum atomic E-state index is -4.92. The standard InChI is InChI=1S/C24H18F4N2O5S/c1-33-20-10-8-15-19(11-12-29-22(15)23(20)34-2)35-14-7-9-18(17(25)13-14)30-36(31,32)21-6-4-3-5-16(21)24(26,27)28/h3-13,30H,1-2H3. The van der Waals surface area contributed by atoms with E-state index in [2.05, 4.69) is 4.98 Å². The van der Waals surface area contributed by atoms with Crippen molar-refractivity contribution >= 4 is 26.6 Å². The van der Waals surface area contributed by atoms with Crippen LogP contribution >= 0.6 is 0 Å². The summed E-state index contributed by atoms with van der Waals surface area (Å²) < 4.78 is 98.1. The Hall–Kier alpha value is -4.06. The molecule has 0 fully saturated rings. The third kappa shape index (κ3) is 4.85. The van der Waals surface area contributed by atoms with E-state index in [4.69, 9.17) is 14.2 Å². The molecule has 0 radical (unpaired) electrons. The molecule has 36 heavy (non-hydrogen) atoms. The third-order valence-electron chi connectivity index (χ3n) is 5.11. The highest BCUT2D eigenvalue weighted by atomic mass is 32.2. The molecule has 0 saturated carbocycles. The second kappa shape index (κ2) is 9.53. The molecule has 0 aliphatic rings. The molecule has 0 aliphatic carbocycles. The number of anilines is 1. The smallest absolute Gasteiger partial charge is 0.417 e. The number of aromatic nitrogens is 1. The van der Waals surface area contributed by atoms with Crippen molar-refractivity contribution in [2.45, 2.75) is 11.1 Å². The van der Waals surface area contributed by atoms with Crippen LogP contribution in [0.1, 0.15) is 5.56 Å². The zero-order valence-electron chi connectivity index (χ0n) is 18.8. The van der Waals surface area contributed by atoms with Gasteiger partial charge in [0.15, 0.2) is 17.3 Å². The van der Waals surface area contributed by atoms with Gasteiger partial charge in [-0.15, -0.1) is 0 Å². The van der Waals surface area contributed by atoms with E-state index in [1.807, 2.05) is 4.72 Å². The summed E-state index contributed by atoms with van der Waals surface area (Å²) in [6.07, 6.45) is -3.46. The van der Waals surface area contributed by atoms with Gasteiger partial charge in [-0.25, -0.2) is 12.8 Å². The van der Waals surface area contributed by atoms with E-state index in [1.165, 1.54) is 32.5 Å². The summed E-state index contributed by atoms with van der Waals surface area (Å²) in [6.45, 7) is 0. The molecule has 0 amide bonds. The van der Waals surface area contributed by atoms with Gasteiger partial charge in [0.25, 0.3) is 10.0 Å². The van der Waals surface area contributed by atoms with Crippen LogP contribution in [0, 0.1) is 5.82 Å². The van der Waals surface area contributed by atoms with Crippen molar-refractivity contribution in [2.24, 2.45) is 0 Å². The Labute approximate surface area is 203 Å². The Kier molecular flexibility index (Phi) is 6.63. The molecule has 0 bridgehead atoms. The first-order chi connectivity index (χ1) is 17.0. The zero-order valence-corrected chi connectivity index (χ0v) is 19.6. The SMILES string of the molecule is COc1ccc2c(Oc3ccc(NS(=O)(=O)c4ccccc4C(F)(F)F)c(F)c3)ccnc2c1OC. The molecule has 0 unspecified atom stereocenters. The van der Waals surface area contributed by atoms with Gasteiger partial charge in [-0.3, -0.25) is 9.71 Å². The first kappa shape index (κ1) is 25.0. The van der Waals surface area contributed by atoms with Crippen LogP contribution in [0.3, 0.4) is 0 Å². The number of halogens is 4. The van der Waals surface area contributed by atoms with Crippen LogP contribution in [0.25, 0.3) is 10.9 Å². The van der Waals surface area contributed by atoms with Gasteiger partial charge in [0.2, 0.25) is 0 Å². The highest BCUT2D eigenvalue weighted by molar-refractivity contribution is 7.92. The van der Waals surface area contributed by atoms with Crippen molar-refractivity contribution in [1.29, 1.82) is 0 Å². The lowest BCUT2D eigenvalue weighted by Gasteiger charge is -2.15. The molecule has 3 aromatic carbocycles. The molecule has 1 heterocycles. The second-order valence-electron chi connectivity index (χ2n) is 7.35. The van der Waals surface area contributed by atoms with Crippen LogP contribution in [-0.2, 0) is 16.2 Å². The Bertz CT molecular complexity index is 1540. The Balaban J connectivity index is 1.64. The van der Waals surface area contributed by atoms with E-state index >= 15 is 0 Å². The predicted octanol–water partition coefficient (Wildman–Crippen LogP) is 6.00. The average Bonchev–Trinajstić information content (AvgIpc) is 2.84. The van der Waals surface area contributed by atoms with E-state index in [1.54, 1.807) is 12.1 Å². The lowest BCUT2D eigenvalue weighted by molar-refractivity contribution is -0.139. The van der Waals surface area contributed by atoms with Crippen LogP contribution in [0.4, 0.5) is 23.2 Å². The van der Waals surface area contributed by atoms with Gasteiger partial charge >= 0.3 is 6.18 Å². The number of pyridine rings is 1. The van der Waals surface area contributed by atoms with E-state index in [0.29, 0.717) is 34.2 Å². The molecule has 0 saturated heterocycles. The number of nitrogens with one attached hydrogen (secondary N) is 1.